The maximum absolute atomic E-state index is 14.1. The summed E-state index contributed by atoms with van der Waals surface area (Å²) < 4.78 is 20.6. The zero-order valence-corrected chi connectivity index (χ0v) is 26.2. The Balaban J connectivity index is 1.69. The number of carbonyl (C=O) groups is 2. The number of thiazole rings is 1. The Bertz CT molecular complexity index is 2000. The van der Waals surface area contributed by atoms with E-state index in [9.17, 15) is 19.5 Å². The predicted octanol–water partition coefficient (Wildman–Crippen LogP) is 4.31. The van der Waals surface area contributed by atoms with Crippen LogP contribution in [0, 0.1) is 13.8 Å². The van der Waals surface area contributed by atoms with Gasteiger partial charge < -0.3 is 23.9 Å². The number of hydrogen-bond acceptors (Lipinski definition) is 8. The molecule has 0 bridgehead atoms. The molecule has 1 atom stereocenters. The third-order valence-electron chi connectivity index (χ3n) is 7.43. The van der Waals surface area contributed by atoms with Crippen molar-refractivity contribution in [2.45, 2.75) is 40.7 Å². The molecule has 4 aromatic rings. The summed E-state index contributed by atoms with van der Waals surface area (Å²) in [5.41, 5.74) is 4.49. The first-order valence-corrected chi connectivity index (χ1v) is 14.9. The topological polar surface area (TPSA) is 121 Å². The Morgan fingerprint density at radius 1 is 1.05 bits per heavy atom. The van der Waals surface area contributed by atoms with E-state index in [0.29, 0.717) is 44.4 Å². The van der Waals surface area contributed by atoms with Crippen LogP contribution in [0.25, 0.3) is 11.8 Å². The third-order valence-corrected chi connectivity index (χ3v) is 8.41. The number of benzene rings is 2. The van der Waals surface area contributed by atoms with Crippen LogP contribution < -0.4 is 24.4 Å². The zero-order valence-electron chi connectivity index (χ0n) is 25.3. The summed E-state index contributed by atoms with van der Waals surface area (Å²) >= 11 is 1.23. The molecule has 1 aliphatic rings. The number of aromatic carboxylic acids is 1. The van der Waals surface area contributed by atoms with E-state index in [0.717, 1.165) is 17.0 Å². The van der Waals surface area contributed by atoms with Crippen LogP contribution in [0.5, 0.6) is 11.5 Å². The smallest absolute Gasteiger partial charge is 0.338 e. The van der Waals surface area contributed by atoms with Crippen LogP contribution in [0.4, 0.5) is 0 Å². The molecule has 228 valence electrons. The van der Waals surface area contributed by atoms with Crippen molar-refractivity contribution in [2.24, 2.45) is 4.99 Å². The lowest BCUT2D eigenvalue weighted by molar-refractivity contribution is -0.139. The van der Waals surface area contributed by atoms with Gasteiger partial charge in [-0.15, -0.1) is 0 Å². The number of ether oxygens (including phenoxy) is 3. The molecule has 1 N–H and O–H groups in total. The van der Waals surface area contributed by atoms with Crippen LogP contribution in [0.2, 0.25) is 0 Å². The summed E-state index contributed by atoms with van der Waals surface area (Å²) in [6, 6.07) is 13.2. The van der Waals surface area contributed by atoms with E-state index in [1.807, 2.05) is 43.5 Å². The lowest BCUT2D eigenvalue weighted by Gasteiger charge is -2.25. The highest BCUT2D eigenvalue weighted by molar-refractivity contribution is 7.07. The number of hydrogen-bond donors (Lipinski definition) is 1. The van der Waals surface area contributed by atoms with Crippen molar-refractivity contribution in [1.29, 1.82) is 0 Å². The highest BCUT2D eigenvalue weighted by Crippen LogP contribution is 2.36. The molecule has 2 aromatic heterocycles. The van der Waals surface area contributed by atoms with Crippen molar-refractivity contribution in [3.05, 3.63) is 108 Å². The Hall–Kier alpha value is -4.90. The quantitative estimate of drug-likeness (QED) is 0.279. The van der Waals surface area contributed by atoms with Gasteiger partial charge in [-0.2, -0.15) is 0 Å². The van der Waals surface area contributed by atoms with Gasteiger partial charge in [0.25, 0.3) is 5.56 Å². The lowest BCUT2D eigenvalue weighted by atomic mass is 9.95. The van der Waals surface area contributed by atoms with Crippen molar-refractivity contribution in [1.82, 2.24) is 9.13 Å². The van der Waals surface area contributed by atoms with Crippen molar-refractivity contribution in [3.8, 4) is 17.2 Å². The maximum Gasteiger partial charge on any atom is 0.338 e. The fraction of sp³-hybridized carbons (Fsp3) is 0.273. The number of allylic oxidation sites excluding steroid dienone is 1. The Kier molecular flexibility index (Phi) is 8.59. The van der Waals surface area contributed by atoms with Gasteiger partial charge in [-0.05, 0) is 88.2 Å². The molecule has 1 aliphatic heterocycles. The number of nitrogens with zero attached hydrogens (tertiary/aromatic N) is 3. The normalized spacial score (nSPS) is 14.7. The van der Waals surface area contributed by atoms with E-state index in [-0.39, 0.29) is 23.3 Å². The molecule has 0 saturated heterocycles. The molecule has 11 heteroatoms. The van der Waals surface area contributed by atoms with Crippen molar-refractivity contribution in [3.63, 3.8) is 0 Å². The van der Waals surface area contributed by atoms with E-state index >= 15 is 0 Å². The Morgan fingerprint density at radius 3 is 2.50 bits per heavy atom. The molecule has 0 fully saturated rings. The van der Waals surface area contributed by atoms with Gasteiger partial charge >= 0.3 is 11.9 Å². The van der Waals surface area contributed by atoms with Crippen LogP contribution in [0.15, 0.2) is 69.6 Å². The number of esters is 1. The van der Waals surface area contributed by atoms with Gasteiger partial charge in [0.15, 0.2) is 16.3 Å². The molecule has 0 radical (unpaired) electrons. The highest BCUT2D eigenvalue weighted by Gasteiger charge is 2.34. The molecule has 0 amide bonds. The summed E-state index contributed by atoms with van der Waals surface area (Å²) in [5.74, 6) is -0.528. The summed E-state index contributed by atoms with van der Waals surface area (Å²) in [6.07, 6.45) is 1.81. The fourth-order valence-electron chi connectivity index (χ4n) is 5.49. The number of aromatic nitrogens is 2. The van der Waals surface area contributed by atoms with Crippen molar-refractivity contribution in [2.75, 3.05) is 20.3 Å². The molecule has 44 heavy (non-hydrogen) atoms. The first-order valence-electron chi connectivity index (χ1n) is 14.1. The van der Waals surface area contributed by atoms with E-state index in [4.69, 9.17) is 14.2 Å². The average molecular weight is 616 g/mol. The van der Waals surface area contributed by atoms with E-state index in [2.05, 4.69) is 4.99 Å². The fourth-order valence-corrected chi connectivity index (χ4v) is 6.53. The molecule has 1 unspecified atom stereocenters. The summed E-state index contributed by atoms with van der Waals surface area (Å²) in [6.45, 7) is 9.75. The van der Waals surface area contributed by atoms with Gasteiger partial charge in [0.2, 0.25) is 0 Å². The van der Waals surface area contributed by atoms with Gasteiger partial charge in [-0.25, -0.2) is 14.6 Å². The van der Waals surface area contributed by atoms with Crippen molar-refractivity contribution < 1.29 is 28.9 Å². The second kappa shape index (κ2) is 12.4. The van der Waals surface area contributed by atoms with Gasteiger partial charge in [0.1, 0.15) is 0 Å². The molecule has 2 aromatic carbocycles. The standard InChI is InChI=1S/C33H33N3O7S/c1-7-42-26-16-21(12-13-25(26)41-6)29-28(32(40)43-8-2)19(4)34-33-36(29)30(37)27(44-33)17-23-14-18(3)35(20(23)5)24-11-9-10-22(15-24)31(38)39/h9-17,29H,7-8H2,1-6H3,(H,38,39). The second-order valence-electron chi connectivity index (χ2n) is 10.2. The lowest BCUT2D eigenvalue weighted by Crippen LogP contribution is -2.40. The average Bonchev–Trinajstić information content (AvgIpc) is 3.45. The van der Waals surface area contributed by atoms with Crippen LogP contribution in [0.1, 0.15) is 59.7 Å². The SMILES string of the molecule is CCOC(=O)C1=C(C)N=c2sc(=Cc3cc(C)n(-c4cccc(C(=O)O)c4)c3C)c(=O)n2C1c1ccc(OC)c(OCC)c1. The van der Waals surface area contributed by atoms with Crippen LogP contribution in [-0.2, 0) is 9.53 Å². The summed E-state index contributed by atoms with van der Waals surface area (Å²) in [4.78, 5) is 44.1. The number of carbonyl (C=O) groups excluding carboxylic acids is 1. The van der Waals surface area contributed by atoms with E-state index in [1.165, 1.54) is 15.9 Å². The molecule has 0 aliphatic carbocycles. The molecule has 10 nitrogen and oxygen atoms in total. The maximum atomic E-state index is 14.1. The molecule has 0 saturated carbocycles. The molecule has 0 spiro atoms. The molecular weight excluding hydrogens is 582 g/mol. The third kappa shape index (κ3) is 5.46. The minimum Gasteiger partial charge on any atom is -0.493 e. The second-order valence-corrected chi connectivity index (χ2v) is 11.2. The number of rotatable bonds is 9. The van der Waals surface area contributed by atoms with Crippen LogP contribution >= 0.6 is 11.3 Å². The monoisotopic (exact) mass is 615 g/mol. The molecule has 3 heterocycles. The summed E-state index contributed by atoms with van der Waals surface area (Å²) in [7, 11) is 1.55. The van der Waals surface area contributed by atoms with Crippen molar-refractivity contribution >= 4 is 29.4 Å². The number of fused-ring (bicyclic) bond motifs is 1. The minimum absolute atomic E-state index is 0.171. The summed E-state index contributed by atoms with van der Waals surface area (Å²) in [5, 5.41) is 9.47. The number of carboxylic acids is 1. The Morgan fingerprint density at radius 2 is 1.82 bits per heavy atom. The first kappa shape index (κ1) is 30.6. The minimum atomic E-state index is -1.01. The van der Waals surface area contributed by atoms with Gasteiger partial charge in [0.05, 0.1) is 47.7 Å². The molecular formula is C33H33N3O7S. The van der Waals surface area contributed by atoms with Gasteiger partial charge in [-0.3, -0.25) is 9.36 Å². The van der Waals surface area contributed by atoms with Crippen LogP contribution in [0.3, 0.4) is 0 Å². The molecule has 5 rings (SSSR count). The van der Waals surface area contributed by atoms with E-state index < -0.39 is 18.0 Å². The highest BCUT2D eigenvalue weighted by atomic mass is 32.1. The number of carboxylic acid groups (broad SMARTS) is 1. The zero-order chi connectivity index (χ0) is 31.7. The Labute approximate surface area is 257 Å². The largest absolute Gasteiger partial charge is 0.493 e. The first-order chi connectivity index (χ1) is 21.1. The van der Waals surface area contributed by atoms with Gasteiger partial charge in [0, 0.05) is 17.1 Å². The van der Waals surface area contributed by atoms with Gasteiger partial charge in [-0.1, -0.05) is 23.5 Å². The van der Waals surface area contributed by atoms with E-state index in [1.54, 1.807) is 57.4 Å². The van der Waals surface area contributed by atoms with Crippen LogP contribution in [-0.4, -0.2) is 46.5 Å². The predicted molar refractivity (Wildman–Crippen MR) is 167 cm³/mol. The number of aryl methyl sites for hydroxylation is 1. The number of methoxy groups -OCH3 is 1.